The lowest BCUT2D eigenvalue weighted by molar-refractivity contribution is -0.0882. The fourth-order valence-corrected chi connectivity index (χ4v) is 3.57. The van der Waals surface area contributed by atoms with Gasteiger partial charge in [-0.2, -0.15) is 5.10 Å². The number of furan rings is 1. The summed E-state index contributed by atoms with van der Waals surface area (Å²) >= 11 is 0. The van der Waals surface area contributed by atoms with Crippen molar-refractivity contribution in [2.45, 2.75) is 38.0 Å². The molecule has 134 valence electrons. The van der Waals surface area contributed by atoms with E-state index in [1.54, 1.807) is 28.0 Å². The number of rotatable bonds is 3. The number of carbonyl (C=O) groups excluding carboxylic acids is 1. The number of amides is 1. The summed E-state index contributed by atoms with van der Waals surface area (Å²) in [6, 6.07) is 3.52. The Kier molecular flexibility index (Phi) is 4.30. The highest BCUT2D eigenvalue weighted by Crippen LogP contribution is 2.34. The largest absolute Gasteiger partial charge is 0.456 e. The summed E-state index contributed by atoms with van der Waals surface area (Å²) in [7, 11) is 0. The molecule has 8 nitrogen and oxygen atoms in total. The maximum atomic E-state index is 12.7. The molecule has 4 rings (SSSR count). The van der Waals surface area contributed by atoms with Crippen molar-refractivity contribution in [3.63, 3.8) is 0 Å². The van der Waals surface area contributed by atoms with Crippen molar-refractivity contribution < 1.29 is 18.7 Å². The van der Waals surface area contributed by atoms with Gasteiger partial charge in [-0.15, -0.1) is 0 Å². The number of ether oxygens (including phenoxy) is 2. The van der Waals surface area contributed by atoms with Crippen LogP contribution in [-0.4, -0.2) is 63.6 Å². The molecule has 2 saturated heterocycles. The molecule has 0 saturated carbocycles. The molecule has 0 aromatic carbocycles. The lowest BCUT2D eigenvalue weighted by Gasteiger charge is -2.31. The molecule has 1 amide bonds. The second-order valence-electron chi connectivity index (χ2n) is 6.77. The molecule has 0 N–H and O–H groups in total. The van der Waals surface area contributed by atoms with Gasteiger partial charge in [-0.1, -0.05) is 0 Å². The van der Waals surface area contributed by atoms with Gasteiger partial charge in [-0.05, 0) is 31.9 Å². The third-order valence-electron chi connectivity index (χ3n) is 4.78. The Balaban J connectivity index is 1.45. The van der Waals surface area contributed by atoms with E-state index in [1.165, 1.54) is 6.33 Å². The summed E-state index contributed by atoms with van der Waals surface area (Å²) in [6.07, 6.45) is 5.02. The number of carbonyl (C=O) groups is 1. The highest BCUT2D eigenvalue weighted by atomic mass is 16.6. The van der Waals surface area contributed by atoms with Crippen molar-refractivity contribution in [3.05, 3.63) is 36.3 Å². The Hall–Kier alpha value is -2.19. The fraction of sp³-hybridized carbons (Fsp3) is 0.588. The van der Waals surface area contributed by atoms with Crippen molar-refractivity contribution in [1.29, 1.82) is 0 Å². The van der Waals surface area contributed by atoms with Crippen LogP contribution >= 0.6 is 0 Å². The Morgan fingerprint density at radius 2 is 2.36 bits per heavy atom. The number of aromatic nitrogens is 3. The maximum absolute atomic E-state index is 12.7. The number of aryl methyl sites for hydroxylation is 1. The van der Waals surface area contributed by atoms with Crippen LogP contribution in [0, 0.1) is 6.92 Å². The van der Waals surface area contributed by atoms with Gasteiger partial charge in [0, 0.05) is 6.54 Å². The zero-order chi connectivity index (χ0) is 17.3. The molecule has 0 aliphatic carbocycles. The van der Waals surface area contributed by atoms with Crippen LogP contribution in [0.5, 0.6) is 0 Å². The molecule has 2 aliphatic heterocycles. The number of hydrogen-bond acceptors (Lipinski definition) is 6. The van der Waals surface area contributed by atoms with E-state index >= 15 is 0 Å². The lowest BCUT2D eigenvalue weighted by Crippen LogP contribution is -2.46. The predicted octanol–water partition coefficient (Wildman–Crippen LogP) is 1.27. The first kappa shape index (κ1) is 16.3. The monoisotopic (exact) mass is 346 g/mol. The van der Waals surface area contributed by atoms with Gasteiger partial charge in [0.2, 0.25) is 0 Å². The highest BCUT2D eigenvalue weighted by molar-refractivity contribution is 5.91. The van der Waals surface area contributed by atoms with Crippen LogP contribution in [0.25, 0.3) is 0 Å². The first-order valence-corrected chi connectivity index (χ1v) is 8.57. The second kappa shape index (κ2) is 6.61. The molecule has 2 unspecified atom stereocenters. The summed E-state index contributed by atoms with van der Waals surface area (Å²) < 4.78 is 19.3. The van der Waals surface area contributed by atoms with E-state index in [-0.39, 0.29) is 12.0 Å². The molecule has 2 fully saturated rings. The molecule has 25 heavy (non-hydrogen) atoms. The Labute approximate surface area is 145 Å². The average molecular weight is 346 g/mol. The minimum atomic E-state index is -0.459. The topological polar surface area (TPSA) is 82.6 Å². The van der Waals surface area contributed by atoms with Crippen LogP contribution < -0.4 is 0 Å². The van der Waals surface area contributed by atoms with Crippen molar-refractivity contribution in [2.24, 2.45) is 0 Å². The Morgan fingerprint density at radius 3 is 3.12 bits per heavy atom. The van der Waals surface area contributed by atoms with E-state index in [0.717, 1.165) is 18.6 Å². The molecule has 2 aromatic rings. The summed E-state index contributed by atoms with van der Waals surface area (Å²) in [6.45, 7) is 4.55. The summed E-state index contributed by atoms with van der Waals surface area (Å²) in [5.74, 6) is 0.988. The van der Waals surface area contributed by atoms with Gasteiger partial charge in [-0.25, -0.2) is 4.98 Å². The van der Waals surface area contributed by atoms with Gasteiger partial charge >= 0.3 is 0 Å². The van der Waals surface area contributed by atoms with Crippen molar-refractivity contribution in [2.75, 3.05) is 26.3 Å². The molecule has 8 heteroatoms. The van der Waals surface area contributed by atoms with Gasteiger partial charge in [0.15, 0.2) is 5.76 Å². The minimum absolute atomic E-state index is 0.0474. The molecule has 1 spiro atoms. The van der Waals surface area contributed by atoms with E-state index in [0.29, 0.717) is 38.6 Å². The SMILES string of the molecule is Cc1ccc(C(=O)N2CCOCC3(CCC(Cn4cncn4)O3)C2)o1. The Morgan fingerprint density at radius 1 is 1.44 bits per heavy atom. The standard InChI is InChI=1S/C17H22N4O4/c1-13-2-3-15(24-13)16(22)20-6-7-23-10-17(9-20)5-4-14(25-17)8-21-12-18-11-19-21/h2-3,11-12,14H,4-10H2,1H3. The molecular formula is C17H22N4O4. The molecule has 2 aliphatic rings. The maximum Gasteiger partial charge on any atom is 0.289 e. The van der Waals surface area contributed by atoms with E-state index in [1.807, 2.05) is 6.92 Å². The smallest absolute Gasteiger partial charge is 0.289 e. The van der Waals surface area contributed by atoms with Gasteiger partial charge in [-0.3, -0.25) is 9.48 Å². The quantitative estimate of drug-likeness (QED) is 0.832. The third-order valence-corrected chi connectivity index (χ3v) is 4.78. The van der Waals surface area contributed by atoms with Crippen LogP contribution in [-0.2, 0) is 16.0 Å². The molecule has 2 atom stereocenters. The molecule has 0 radical (unpaired) electrons. The van der Waals surface area contributed by atoms with Gasteiger partial charge in [0.25, 0.3) is 5.91 Å². The van der Waals surface area contributed by atoms with Crippen LogP contribution in [0.15, 0.2) is 29.2 Å². The van der Waals surface area contributed by atoms with Gasteiger partial charge in [0.05, 0.1) is 32.4 Å². The van der Waals surface area contributed by atoms with E-state index in [2.05, 4.69) is 10.1 Å². The average Bonchev–Trinajstić information content (AvgIpc) is 3.30. The van der Waals surface area contributed by atoms with Crippen LogP contribution in [0.4, 0.5) is 0 Å². The van der Waals surface area contributed by atoms with E-state index < -0.39 is 5.60 Å². The molecule has 2 aromatic heterocycles. The zero-order valence-electron chi connectivity index (χ0n) is 14.3. The summed E-state index contributed by atoms with van der Waals surface area (Å²) in [5, 5.41) is 4.13. The van der Waals surface area contributed by atoms with Crippen LogP contribution in [0.1, 0.15) is 29.2 Å². The zero-order valence-corrected chi connectivity index (χ0v) is 14.3. The van der Waals surface area contributed by atoms with Gasteiger partial charge in [0.1, 0.15) is 24.0 Å². The second-order valence-corrected chi connectivity index (χ2v) is 6.77. The van der Waals surface area contributed by atoms with E-state index in [9.17, 15) is 4.79 Å². The molecule has 0 bridgehead atoms. The number of nitrogens with zero attached hydrogens (tertiary/aromatic N) is 4. The minimum Gasteiger partial charge on any atom is -0.456 e. The van der Waals surface area contributed by atoms with E-state index in [4.69, 9.17) is 13.9 Å². The third kappa shape index (κ3) is 3.45. The fourth-order valence-electron chi connectivity index (χ4n) is 3.57. The normalized spacial score (nSPS) is 26.9. The highest BCUT2D eigenvalue weighted by Gasteiger charge is 2.44. The molecular weight excluding hydrogens is 324 g/mol. The lowest BCUT2D eigenvalue weighted by atomic mass is 10.00. The van der Waals surface area contributed by atoms with Crippen LogP contribution in [0.3, 0.4) is 0 Å². The first-order chi connectivity index (χ1) is 12.1. The van der Waals surface area contributed by atoms with Crippen LogP contribution in [0.2, 0.25) is 0 Å². The number of hydrogen-bond donors (Lipinski definition) is 0. The van der Waals surface area contributed by atoms with Crippen molar-refractivity contribution >= 4 is 5.91 Å². The summed E-state index contributed by atoms with van der Waals surface area (Å²) in [5.41, 5.74) is -0.459. The Bertz CT molecular complexity index is 729. The summed E-state index contributed by atoms with van der Waals surface area (Å²) in [4.78, 5) is 18.5. The first-order valence-electron chi connectivity index (χ1n) is 8.57. The predicted molar refractivity (Wildman–Crippen MR) is 87.0 cm³/mol. The van der Waals surface area contributed by atoms with Crippen molar-refractivity contribution in [3.8, 4) is 0 Å². The van der Waals surface area contributed by atoms with Crippen molar-refractivity contribution in [1.82, 2.24) is 19.7 Å². The van der Waals surface area contributed by atoms with Gasteiger partial charge < -0.3 is 18.8 Å². The molecule has 4 heterocycles.